The Labute approximate surface area is 76.8 Å². The maximum atomic E-state index is 10.6. The second-order valence-corrected chi connectivity index (χ2v) is 3.33. The standard InChI is InChI=1S/C9H14O4/c1-5-7(10)3-6(9(11)12)4-8(5)13-2/h3,5,7-8,10H,4H2,1-2H3,(H,11,12)/t5-,7+,8-/m0/s1. The Bertz CT molecular complexity index is 234. The van der Waals surface area contributed by atoms with E-state index >= 15 is 0 Å². The van der Waals surface area contributed by atoms with Crippen LogP contribution < -0.4 is 0 Å². The van der Waals surface area contributed by atoms with E-state index in [-0.39, 0.29) is 17.6 Å². The van der Waals surface area contributed by atoms with Crippen LogP contribution in [0.4, 0.5) is 0 Å². The summed E-state index contributed by atoms with van der Waals surface area (Å²) in [4.78, 5) is 10.6. The van der Waals surface area contributed by atoms with Gasteiger partial charge >= 0.3 is 5.97 Å². The van der Waals surface area contributed by atoms with Gasteiger partial charge in [-0.15, -0.1) is 0 Å². The fourth-order valence-electron chi connectivity index (χ4n) is 1.51. The van der Waals surface area contributed by atoms with Gasteiger partial charge in [0, 0.05) is 25.0 Å². The SMILES string of the molecule is CO[C@H]1CC(C(=O)O)=C[C@@H](O)[C@@H]1C. The maximum Gasteiger partial charge on any atom is 0.331 e. The number of rotatable bonds is 2. The summed E-state index contributed by atoms with van der Waals surface area (Å²) in [6.45, 7) is 1.84. The van der Waals surface area contributed by atoms with Crippen LogP contribution in [-0.2, 0) is 9.53 Å². The molecule has 0 aromatic rings. The lowest BCUT2D eigenvalue weighted by Crippen LogP contribution is -2.35. The minimum Gasteiger partial charge on any atom is -0.478 e. The lowest BCUT2D eigenvalue weighted by molar-refractivity contribution is -0.133. The molecule has 0 aromatic heterocycles. The molecule has 0 spiro atoms. The van der Waals surface area contributed by atoms with Crippen molar-refractivity contribution in [2.24, 2.45) is 5.92 Å². The molecule has 4 heteroatoms. The van der Waals surface area contributed by atoms with Crippen LogP contribution in [0.1, 0.15) is 13.3 Å². The van der Waals surface area contributed by atoms with E-state index in [1.54, 1.807) is 0 Å². The van der Waals surface area contributed by atoms with E-state index in [4.69, 9.17) is 9.84 Å². The van der Waals surface area contributed by atoms with Crippen molar-refractivity contribution in [3.63, 3.8) is 0 Å². The molecule has 0 heterocycles. The second kappa shape index (κ2) is 3.89. The van der Waals surface area contributed by atoms with Crippen LogP contribution in [0.3, 0.4) is 0 Å². The minimum absolute atomic E-state index is 0.0481. The van der Waals surface area contributed by atoms with Gasteiger partial charge in [0.2, 0.25) is 0 Å². The molecule has 74 valence electrons. The monoisotopic (exact) mass is 186 g/mol. The highest BCUT2D eigenvalue weighted by Crippen LogP contribution is 2.26. The van der Waals surface area contributed by atoms with Crippen LogP contribution in [0, 0.1) is 5.92 Å². The number of carbonyl (C=O) groups is 1. The second-order valence-electron chi connectivity index (χ2n) is 3.33. The average Bonchev–Trinajstić information content (AvgIpc) is 2.09. The number of hydrogen-bond donors (Lipinski definition) is 2. The highest BCUT2D eigenvalue weighted by Gasteiger charge is 2.30. The third-order valence-electron chi connectivity index (χ3n) is 2.50. The molecule has 3 atom stereocenters. The lowest BCUT2D eigenvalue weighted by Gasteiger charge is -2.30. The van der Waals surface area contributed by atoms with Crippen LogP contribution in [0.5, 0.6) is 0 Å². The Morgan fingerprint density at radius 1 is 1.69 bits per heavy atom. The molecule has 0 fully saturated rings. The first-order chi connectivity index (χ1) is 6.06. The third kappa shape index (κ3) is 2.08. The number of aliphatic carboxylic acids is 1. The molecule has 2 N–H and O–H groups in total. The fraction of sp³-hybridized carbons (Fsp3) is 0.667. The molecule has 0 saturated heterocycles. The average molecular weight is 186 g/mol. The Morgan fingerprint density at radius 3 is 2.77 bits per heavy atom. The topological polar surface area (TPSA) is 66.8 Å². The zero-order chi connectivity index (χ0) is 10.0. The van der Waals surface area contributed by atoms with Gasteiger partial charge in [-0.05, 0) is 6.08 Å². The van der Waals surface area contributed by atoms with Crippen LogP contribution in [0.2, 0.25) is 0 Å². The molecule has 0 amide bonds. The van der Waals surface area contributed by atoms with Gasteiger partial charge in [-0.3, -0.25) is 0 Å². The van der Waals surface area contributed by atoms with Crippen LogP contribution in [0.15, 0.2) is 11.6 Å². The predicted molar refractivity (Wildman–Crippen MR) is 46.3 cm³/mol. The number of methoxy groups -OCH3 is 1. The summed E-state index contributed by atoms with van der Waals surface area (Å²) in [5, 5.41) is 18.2. The minimum atomic E-state index is -0.979. The largest absolute Gasteiger partial charge is 0.478 e. The first-order valence-electron chi connectivity index (χ1n) is 4.21. The zero-order valence-electron chi connectivity index (χ0n) is 7.73. The van der Waals surface area contributed by atoms with Gasteiger partial charge in [0.05, 0.1) is 12.2 Å². The quantitative estimate of drug-likeness (QED) is 0.655. The molecule has 0 radical (unpaired) electrons. The fourth-order valence-corrected chi connectivity index (χ4v) is 1.51. The lowest BCUT2D eigenvalue weighted by atomic mass is 9.86. The summed E-state index contributed by atoms with van der Waals surface area (Å²) in [7, 11) is 1.53. The van der Waals surface area contributed by atoms with E-state index in [0.29, 0.717) is 6.42 Å². The molecular formula is C9H14O4. The van der Waals surface area contributed by atoms with Gasteiger partial charge in [0.25, 0.3) is 0 Å². The van der Waals surface area contributed by atoms with Crippen molar-refractivity contribution >= 4 is 5.97 Å². The van der Waals surface area contributed by atoms with Crippen molar-refractivity contribution in [1.82, 2.24) is 0 Å². The number of aliphatic hydroxyl groups is 1. The van der Waals surface area contributed by atoms with Crippen molar-refractivity contribution in [3.05, 3.63) is 11.6 Å². The molecule has 1 rings (SSSR count). The Morgan fingerprint density at radius 2 is 2.31 bits per heavy atom. The summed E-state index contributed by atoms with van der Waals surface area (Å²) < 4.78 is 5.09. The summed E-state index contributed by atoms with van der Waals surface area (Å²) in [5.41, 5.74) is 0.234. The smallest absolute Gasteiger partial charge is 0.331 e. The molecule has 1 aliphatic carbocycles. The number of aliphatic hydroxyl groups excluding tert-OH is 1. The molecule has 1 aliphatic rings. The number of hydrogen-bond acceptors (Lipinski definition) is 3. The molecule has 13 heavy (non-hydrogen) atoms. The van der Waals surface area contributed by atoms with Gasteiger partial charge in [-0.1, -0.05) is 6.92 Å². The predicted octanol–water partition coefficient (Wildman–Crippen LogP) is 0.413. The Kier molecular flexibility index (Phi) is 3.06. The number of ether oxygens (including phenoxy) is 1. The van der Waals surface area contributed by atoms with Crippen molar-refractivity contribution in [3.8, 4) is 0 Å². The van der Waals surface area contributed by atoms with Crippen LogP contribution >= 0.6 is 0 Å². The molecule has 0 bridgehead atoms. The normalized spacial score (nSPS) is 34.1. The van der Waals surface area contributed by atoms with E-state index in [1.807, 2.05) is 6.92 Å². The van der Waals surface area contributed by atoms with Crippen molar-refractivity contribution < 1.29 is 19.7 Å². The molecule has 0 aromatic carbocycles. The van der Waals surface area contributed by atoms with Gasteiger partial charge in [-0.2, -0.15) is 0 Å². The summed E-state index contributed by atoms with van der Waals surface area (Å²) in [6, 6.07) is 0. The van der Waals surface area contributed by atoms with Crippen LogP contribution in [-0.4, -0.2) is 35.5 Å². The first-order valence-corrected chi connectivity index (χ1v) is 4.21. The summed E-state index contributed by atoms with van der Waals surface area (Å²) >= 11 is 0. The van der Waals surface area contributed by atoms with E-state index < -0.39 is 12.1 Å². The van der Waals surface area contributed by atoms with Crippen molar-refractivity contribution in [2.75, 3.05) is 7.11 Å². The van der Waals surface area contributed by atoms with Crippen LogP contribution in [0.25, 0.3) is 0 Å². The molecule has 0 unspecified atom stereocenters. The van der Waals surface area contributed by atoms with E-state index in [0.717, 1.165) is 0 Å². The van der Waals surface area contributed by atoms with Gasteiger partial charge in [0.1, 0.15) is 0 Å². The van der Waals surface area contributed by atoms with Gasteiger partial charge in [0.15, 0.2) is 0 Å². The van der Waals surface area contributed by atoms with E-state index in [1.165, 1.54) is 13.2 Å². The van der Waals surface area contributed by atoms with Crippen molar-refractivity contribution in [2.45, 2.75) is 25.6 Å². The zero-order valence-corrected chi connectivity index (χ0v) is 7.73. The van der Waals surface area contributed by atoms with Gasteiger partial charge in [-0.25, -0.2) is 4.79 Å². The highest BCUT2D eigenvalue weighted by atomic mass is 16.5. The molecule has 0 saturated carbocycles. The number of carboxylic acids is 1. The Balaban J connectivity index is 2.81. The number of carboxylic acid groups (broad SMARTS) is 1. The third-order valence-corrected chi connectivity index (χ3v) is 2.50. The van der Waals surface area contributed by atoms with E-state index in [2.05, 4.69) is 0 Å². The summed E-state index contributed by atoms with van der Waals surface area (Å²) in [5.74, 6) is -1.03. The summed E-state index contributed by atoms with van der Waals surface area (Å²) in [6.07, 6.45) is 0.836. The first kappa shape index (κ1) is 10.2. The highest BCUT2D eigenvalue weighted by molar-refractivity contribution is 5.87. The molecular weight excluding hydrogens is 172 g/mol. The molecule has 0 aliphatic heterocycles. The van der Waals surface area contributed by atoms with Gasteiger partial charge < -0.3 is 14.9 Å². The van der Waals surface area contributed by atoms with Crippen molar-refractivity contribution in [1.29, 1.82) is 0 Å². The Hall–Kier alpha value is -0.870. The van der Waals surface area contributed by atoms with E-state index in [9.17, 15) is 9.90 Å². The molecule has 4 nitrogen and oxygen atoms in total. The maximum absolute atomic E-state index is 10.6.